The van der Waals surface area contributed by atoms with Crippen LogP contribution in [0.5, 0.6) is 0 Å². The molecule has 4 atom stereocenters. The minimum atomic E-state index is -0.770. The van der Waals surface area contributed by atoms with Crippen LogP contribution in [0.25, 0.3) is 0 Å². The molecule has 0 aromatic rings. The van der Waals surface area contributed by atoms with Gasteiger partial charge in [0, 0.05) is 6.04 Å². The van der Waals surface area contributed by atoms with Crippen molar-refractivity contribution in [1.82, 2.24) is 4.90 Å². The summed E-state index contributed by atoms with van der Waals surface area (Å²) in [6.45, 7) is 0.832. The number of rotatable bonds is 1. The van der Waals surface area contributed by atoms with E-state index in [1.54, 1.807) is 0 Å². The number of aliphatic hydroxyl groups excluding tert-OH is 3. The molecule has 0 saturated carbocycles. The second-order valence-corrected chi connectivity index (χ2v) is 4.03. The Kier molecular flexibility index (Phi) is 2.55. The fraction of sp³-hybridized carbons (Fsp3) is 1.00. The highest BCUT2D eigenvalue weighted by molar-refractivity contribution is 5.01. The zero-order chi connectivity index (χ0) is 9.42. The van der Waals surface area contributed by atoms with Crippen molar-refractivity contribution in [3.63, 3.8) is 0 Å². The Morgan fingerprint density at radius 1 is 1.15 bits per heavy atom. The Balaban J connectivity index is 2.14. The fourth-order valence-electron chi connectivity index (χ4n) is 2.62. The molecule has 0 amide bonds. The standard InChI is InChI=1S/C9H17NO3/c11-5-7-9(13)8(12)6-3-1-2-4-10(6)7/h6-9,11-13H,1-5H2/t6-,7+,8+,9-/m0/s1. The largest absolute Gasteiger partial charge is 0.395 e. The van der Waals surface area contributed by atoms with E-state index in [-0.39, 0.29) is 18.7 Å². The molecule has 2 heterocycles. The van der Waals surface area contributed by atoms with Gasteiger partial charge in [0.1, 0.15) is 0 Å². The predicted molar refractivity (Wildman–Crippen MR) is 47.2 cm³/mol. The second kappa shape index (κ2) is 3.53. The normalized spacial score (nSPS) is 46.4. The maximum atomic E-state index is 9.69. The Morgan fingerprint density at radius 3 is 2.62 bits per heavy atom. The number of aliphatic hydroxyl groups is 3. The summed E-state index contributed by atoms with van der Waals surface area (Å²) < 4.78 is 0. The molecule has 4 nitrogen and oxygen atoms in total. The zero-order valence-electron chi connectivity index (χ0n) is 7.63. The summed E-state index contributed by atoms with van der Waals surface area (Å²) in [6.07, 6.45) is 1.72. The van der Waals surface area contributed by atoms with Crippen LogP contribution >= 0.6 is 0 Å². The number of hydrogen-bond acceptors (Lipinski definition) is 4. The van der Waals surface area contributed by atoms with Crippen LogP contribution in [0.15, 0.2) is 0 Å². The molecule has 2 aliphatic rings. The number of fused-ring (bicyclic) bond motifs is 1. The summed E-state index contributed by atoms with van der Waals surface area (Å²) in [4.78, 5) is 2.05. The van der Waals surface area contributed by atoms with E-state index in [0.717, 1.165) is 25.8 Å². The molecular formula is C9H17NO3. The van der Waals surface area contributed by atoms with Crippen molar-refractivity contribution < 1.29 is 15.3 Å². The van der Waals surface area contributed by atoms with Gasteiger partial charge in [0.05, 0.1) is 24.9 Å². The Bertz CT molecular complexity index is 178. The first-order valence-corrected chi connectivity index (χ1v) is 4.98. The summed E-state index contributed by atoms with van der Waals surface area (Å²) in [5.41, 5.74) is 0. The van der Waals surface area contributed by atoms with Gasteiger partial charge < -0.3 is 15.3 Å². The number of nitrogens with zero attached hydrogens (tertiary/aromatic N) is 1. The van der Waals surface area contributed by atoms with Crippen LogP contribution in [0, 0.1) is 0 Å². The van der Waals surface area contributed by atoms with Gasteiger partial charge in [-0.15, -0.1) is 0 Å². The van der Waals surface area contributed by atoms with E-state index in [4.69, 9.17) is 5.11 Å². The summed E-state index contributed by atoms with van der Waals surface area (Å²) in [5.74, 6) is 0. The molecule has 13 heavy (non-hydrogen) atoms. The van der Waals surface area contributed by atoms with E-state index < -0.39 is 12.2 Å². The Morgan fingerprint density at radius 2 is 1.92 bits per heavy atom. The third-order valence-electron chi connectivity index (χ3n) is 3.34. The van der Waals surface area contributed by atoms with Crippen LogP contribution in [-0.2, 0) is 0 Å². The summed E-state index contributed by atoms with van der Waals surface area (Å²) >= 11 is 0. The molecule has 2 aliphatic heterocycles. The highest BCUT2D eigenvalue weighted by atomic mass is 16.3. The molecule has 0 aromatic heterocycles. The van der Waals surface area contributed by atoms with Crippen molar-refractivity contribution in [2.75, 3.05) is 13.2 Å². The lowest BCUT2D eigenvalue weighted by molar-refractivity contribution is 0.0183. The molecule has 0 aliphatic carbocycles. The summed E-state index contributed by atoms with van der Waals surface area (Å²) in [5, 5.41) is 28.4. The lowest BCUT2D eigenvalue weighted by atomic mass is 10.0. The molecule has 0 bridgehead atoms. The molecule has 2 saturated heterocycles. The average molecular weight is 187 g/mol. The van der Waals surface area contributed by atoms with Gasteiger partial charge >= 0.3 is 0 Å². The van der Waals surface area contributed by atoms with E-state index in [1.165, 1.54) is 0 Å². The monoisotopic (exact) mass is 187 g/mol. The zero-order valence-corrected chi connectivity index (χ0v) is 7.63. The van der Waals surface area contributed by atoms with Gasteiger partial charge in [-0.3, -0.25) is 4.90 Å². The molecule has 76 valence electrons. The van der Waals surface area contributed by atoms with Gasteiger partial charge in [0.2, 0.25) is 0 Å². The average Bonchev–Trinajstić information content (AvgIpc) is 2.41. The van der Waals surface area contributed by atoms with Crippen LogP contribution in [0.4, 0.5) is 0 Å². The Hall–Kier alpha value is -0.160. The molecule has 0 radical (unpaired) electrons. The molecule has 0 spiro atoms. The Labute approximate surface area is 77.8 Å². The van der Waals surface area contributed by atoms with Crippen molar-refractivity contribution in [3.8, 4) is 0 Å². The molecule has 4 heteroatoms. The molecular weight excluding hydrogens is 170 g/mol. The number of hydrogen-bond donors (Lipinski definition) is 3. The quantitative estimate of drug-likeness (QED) is 0.489. The SMILES string of the molecule is OC[C@@H]1[C@H](O)[C@H](O)[C@@H]2CCCCN12. The second-order valence-electron chi connectivity index (χ2n) is 4.03. The highest BCUT2D eigenvalue weighted by Gasteiger charge is 2.47. The van der Waals surface area contributed by atoms with Crippen LogP contribution in [0.1, 0.15) is 19.3 Å². The van der Waals surface area contributed by atoms with E-state index in [9.17, 15) is 10.2 Å². The molecule has 0 aromatic carbocycles. The highest BCUT2D eigenvalue weighted by Crippen LogP contribution is 2.31. The first-order chi connectivity index (χ1) is 6.25. The van der Waals surface area contributed by atoms with Crippen molar-refractivity contribution in [3.05, 3.63) is 0 Å². The molecule has 3 N–H and O–H groups in total. The van der Waals surface area contributed by atoms with Crippen molar-refractivity contribution in [2.45, 2.75) is 43.6 Å². The van der Waals surface area contributed by atoms with Gasteiger partial charge in [-0.1, -0.05) is 6.42 Å². The van der Waals surface area contributed by atoms with Crippen molar-refractivity contribution in [2.24, 2.45) is 0 Å². The van der Waals surface area contributed by atoms with Gasteiger partial charge in [-0.05, 0) is 19.4 Å². The lowest BCUT2D eigenvalue weighted by Crippen LogP contribution is -2.44. The number of piperidine rings is 1. The lowest BCUT2D eigenvalue weighted by Gasteiger charge is -2.33. The maximum absolute atomic E-state index is 9.69. The van der Waals surface area contributed by atoms with Crippen LogP contribution in [0.2, 0.25) is 0 Å². The van der Waals surface area contributed by atoms with Crippen LogP contribution in [0.3, 0.4) is 0 Å². The van der Waals surface area contributed by atoms with E-state index in [2.05, 4.69) is 4.90 Å². The maximum Gasteiger partial charge on any atom is 0.0991 e. The third kappa shape index (κ3) is 1.38. The van der Waals surface area contributed by atoms with Gasteiger partial charge in [0.15, 0.2) is 0 Å². The minimum Gasteiger partial charge on any atom is -0.395 e. The van der Waals surface area contributed by atoms with Crippen LogP contribution < -0.4 is 0 Å². The van der Waals surface area contributed by atoms with E-state index in [1.807, 2.05) is 0 Å². The van der Waals surface area contributed by atoms with E-state index >= 15 is 0 Å². The molecule has 2 fully saturated rings. The van der Waals surface area contributed by atoms with Crippen LogP contribution in [-0.4, -0.2) is 57.7 Å². The first-order valence-electron chi connectivity index (χ1n) is 4.98. The smallest absolute Gasteiger partial charge is 0.0991 e. The van der Waals surface area contributed by atoms with Gasteiger partial charge in [0.25, 0.3) is 0 Å². The van der Waals surface area contributed by atoms with Crippen molar-refractivity contribution in [1.29, 1.82) is 0 Å². The fourth-order valence-corrected chi connectivity index (χ4v) is 2.62. The minimum absolute atomic E-state index is 0.0608. The van der Waals surface area contributed by atoms with Crippen molar-refractivity contribution >= 4 is 0 Å². The predicted octanol–water partition coefficient (Wildman–Crippen LogP) is -1.06. The summed E-state index contributed by atoms with van der Waals surface area (Å²) in [6, 6.07) is -0.179. The topological polar surface area (TPSA) is 63.9 Å². The van der Waals surface area contributed by atoms with E-state index in [0.29, 0.717) is 0 Å². The molecule has 0 unspecified atom stereocenters. The summed E-state index contributed by atoms with van der Waals surface area (Å²) in [7, 11) is 0. The molecule has 2 rings (SSSR count). The third-order valence-corrected chi connectivity index (χ3v) is 3.34. The van der Waals surface area contributed by atoms with Gasteiger partial charge in [-0.2, -0.15) is 0 Å². The van der Waals surface area contributed by atoms with Gasteiger partial charge in [-0.25, -0.2) is 0 Å². The first kappa shape index (κ1) is 9.40.